The second kappa shape index (κ2) is 6.33. The molecular weight excluding hydrogens is 324 g/mol. The Kier molecular flexibility index (Phi) is 4.22. The number of amides is 1. The zero-order valence-corrected chi connectivity index (χ0v) is 14.1. The fourth-order valence-corrected chi connectivity index (χ4v) is 2.82. The highest BCUT2D eigenvalue weighted by atomic mass is 32.1. The SMILES string of the molecule is COc1ccc(C=C2NC(=S)N(c3ccccc3C)C2=O)cc1O. The lowest BCUT2D eigenvalue weighted by Crippen LogP contribution is -2.30. The van der Waals surface area contributed by atoms with Crippen molar-refractivity contribution in [2.45, 2.75) is 6.92 Å². The number of ether oxygens (including phenoxy) is 1. The summed E-state index contributed by atoms with van der Waals surface area (Å²) in [5, 5.41) is 13.1. The van der Waals surface area contributed by atoms with E-state index in [9.17, 15) is 9.90 Å². The van der Waals surface area contributed by atoms with Crippen LogP contribution in [0.4, 0.5) is 5.69 Å². The average molecular weight is 340 g/mol. The van der Waals surface area contributed by atoms with E-state index in [1.54, 1.807) is 18.2 Å². The Morgan fingerprint density at radius 2 is 2.00 bits per heavy atom. The van der Waals surface area contributed by atoms with Gasteiger partial charge in [0.2, 0.25) is 0 Å². The number of thiocarbonyl (C=S) groups is 1. The number of carbonyl (C=O) groups is 1. The van der Waals surface area contributed by atoms with Crippen LogP contribution >= 0.6 is 12.2 Å². The number of aryl methyl sites for hydroxylation is 1. The Bertz CT molecular complexity index is 861. The van der Waals surface area contributed by atoms with Gasteiger partial charge in [-0.2, -0.15) is 0 Å². The molecule has 1 aliphatic rings. The predicted molar refractivity (Wildman–Crippen MR) is 97.0 cm³/mol. The molecule has 0 saturated carbocycles. The van der Waals surface area contributed by atoms with Crippen molar-refractivity contribution >= 4 is 35.0 Å². The number of nitrogens with zero attached hydrogens (tertiary/aromatic N) is 1. The van der Waals surface area contributed by atoms with Gasteiger partial charge in [-0.15, -0.1) is 0 Å². The summed E-state index contributed by atoms with van der Waals surface area (Å²) in [5.74, 6) is 0.153. The number of nitrogens with one attached hydrogen (secondary N) is 1. The van der Waals surface area contributed by atoms with Crippen LogP contribution in [0.15, 0.2) is 48.2 Å². The number of hydrogen-bond donors (Lipinski definition) is 2. The largest absolute Gasteiger partial charge is 0.504 e. The van der Waals surface area contributed by atoms with Crippen molar-refractivity contribution in [3.8, 4) is 11.5 Å². The number of aromatic hydroxyl groups is 1. The van der Waals surface area contributed by atoms with Crippen LogP contribution in [0.25, 0.3) is 6.08 Å². The number of phenols is 1. The zero-order chi connectivity index (χ0) is 17.3. The van der Waals surface area contributed by atoms with Gasteiger partial charge in [0.25, 0.3) is 5.91 Å². The molecule has 0 radical (unpaired) electrons. The van der Waals surface area contributed by atoms with E-state index >= 15 is 0 Å². The Morgan fingerprint density at radius 1 is 1.25 bits per heavy atom. The van der Waals surface area contributed by atoms with Gasteiger partial charge in [0, 0.05) is 0 Å². The number of methoxy groups -OCH3 is 1. The van der Waals surface area contributed by atoms with E-state index in [0.29, 0.717) is 22.1 Å². The van der Waals surface area contributed by atoms with Crippen LogP contribution in [-0.2, 0) is 4.79 Å². The molecular formula is C18H16N2O3S. The Morgan fingerprint density at radius 3 is 2.67 bits per heavy atom. The molecule has 0 bridgehead atoms. The van der Waals surface area contributed by atoms with Crippen LogP contribution in [0.3, 0.4) is 0 Å². The molecule has 1 fully saturated rings. The lowest BCUT2D eigenvalue weighted by Gasteiger charge is -2.16. The Balaban J connectivity index is 1.94. The molecule has 1 heterocycles. The minimum absolute atomic E-state index is 0.00984. The molecule has 2 aromatic rings. The van der Waals surface area contributed by atoms with Crippen molar-refractivity contribution < 1.29 is 14.6 Å². The third-order valence-electron chi connectivity index (χ3n) is 3.75. The van der Waals surface area contributed by atoms with Crippen molar-refractivity contribution in [3.63, 3.8) is 0 Å². The second-order valence-corrected chi connectivity index (χ2v) is 5.73. The number of rotatable bonds is 3. The maximum Gasteiger partial charge on any atom is 0.281 e. The summed E-state index contributed by atoms with van der Waals surface area (Å²) >= 11 is 5.30. The van der Waals surface area contributed by atoms with Crippen LogP contribution in [0.2, 0.25) is 0 Å². The summed E-state index contributed by atoms with van der Waals surface area (Å²) in [5.41, 5.74) is 2.73. The highest BCUT2D eigenvalue weighted by Gasteiger charge is 2.32. The second-order valence-electron chi connectivity index (χ2n) is 5.35. The molecule has 1 aliphatic heterocycles. The monoisotopic (exact) mass is 340 g/mol. The molecule has 1 saturated heterocycles. The molecule has 122 valence electrons. The maximum absolute atomic E-state index is 12.7. The normalized spacial score (nSPS) is 15.8. The van der Waals surface area contributed by atoms with Crippen LogP contribution in [0.1, 0.15) is 11.1 Å². The highest BCUT2D eigenvalue weighted by Crippen LogP contribution is 2.29. The van der Waals surface area contributed by atoms with E-state index in [1.807, 2.05) is 31.2 Å². The molecule has 0 atom stereocenters. The molecule has 5 nitrogen and oxygen atoms in total. The first-order chi connectivity index (χ1) is 11.5. The van der Waals surface area contributed by atoms with E-state index in [0.717, 1.165) is 11.3 Å². The third-order valence-corrected chi connectivity index (χ3v) is 4.03. The molecule has 0 unspecified atom stereocenters. The van der Waals surface area contributed by atoms with Crippen molar-refractivity contribution in [1.29, 1.82) is 0 Å². The Hall–Kier alpha value is -2.86. The lowest BCUT2D eigenvalue weighted by molar-refractivity contribution is -0.113. The van der Waals surface area contributed by atoms with Crippen molar-refractivity contribution in [2.24, 2.45) is 0 Å². The Labute approximate surface area is 145 Å². The molecule has 2 aromatic carbocycles. The third kappa shape index (κ3) is 2.83. The summed E-state index contributed by atoms with van der Waals surface area (Å²) in [6, 6.07) is 12.5. The van der Waals surface area contributed by atoms with Crippen LogP contribution in [0.5, 0.6) is 11.5 Å². The van der Waals surface area contributed by atoms with Crippen molar-refractivity contribution in [3.05, 3.63) is 59.3 Å². The molecule has 3 rings (SSSR count). The number of carbonyl (C=O) groups excluding carboxylic acids is 1. The van der Waals surface area contributed by atoms with Gasteiger partial charge in [-0.25, -0.2) is 0 Å². The standard InChI is InChI=1S/C18H16N2O3S/c1-11-5-3-4-6-14(11)20-17(22)13(19-18(20)24)9-12-7-8-16(23-2)15(21)10-12/h3-10,21H,1-2H3,(H,19,24). The minimum atomic E-state index is -0.232. The molecule has 24 heavy (non-hydrogen) atoms. The number of benzene rings is 2. The summed E-state index contributed by atoms with van der Waals surface area (Å²) in [7, 11) is 1.48. The molecule has 1 amide bonds. The first-order valence-corrected chi connectivity index (χ1v) is 7.72. The number of phenolic OH excluding ortho intramolecular Hbond substituents is 1. The van der Waals surface area contributed by atoms with Gasteiger partial charge in [0.1, 0.15) is 5.70 Å². The van der Waals surface area contributed by atoms with Gasteiger partial charge in [-0.3, -0.25) is 9.69 Å². The minimum Gasteiger partial charge on any atom is -0.504 e. The topological polar surface area (TPSA) is 61.8 Å². The molecule has 0 aliphatic carbocycles. The van der Waals surface area contributed by atoms with Gasteiger partial charge in [0.15, 0.2) is 16.6 Å². The van der Waals surface area contributed by atoms with Crippen LogP contribution in [0, 0.1) is 6.92 Å². The van der Waals surface area contributed by atoms with E-state index in [1.165, 1.54) is 18.1 Å². The predicted octanol–water partition coefficient (Wildman–Crippen LogP) is 2.97. The lowest BCUT2D eigenvalue weighted by atomic mass is 10.1. The maximum atomic E-state index is 12.7. The van der Waals surface area contributed by atoms with E-state index in [4.69, 9.17) is 17.0 Å². The van der Waals surface area contributed by atoms with Gasteiger partial charge in [-0.05, 0) is 54.5 Å². The molecule has 0 aromatic heterocycles. The van der Waals surface area contributed by atoms with Gasteiger partial charge in [-0.1, -0.05) is 24.3 Å². The number of para-hydroxylation sites is 1. The summed E-state index contributed by atoms with van der Waals surface area (Å²) < 4.78 is 5.01. The van der Waals surface area contributed by atoms with Gasteiger partial charge < -0.3 is 15.2 Å². The van der Waals surface area contributed by atoms with Crippen molar-refractivity contribution in [2.75, 3.05) is 12.0 Å². The number of hydrogen-bond acceptors (Lipinski definition) is 4. The zero-order valence-electron chi connectivity index (χ0n) is 13.2. The summed E-state index contributed by atoms with van der Waals surface area (Å²) in [6.07, 6.45) is 1.64. The quantitative estimate of drug-likeness (QED) is 0.664. The molecule has 0 spiro atoms. The fraction of sp³-hybridized carbons (Fsp3) is 0.111. The van der Waals surface area contributed by atoms with Gasteiger partial charge >= 0.3 is 0 Å². The first kappa shape index (κ1) is 16.0. The highest BCUT2D eigenvalue weighted by molar-refractivity contribution is 7.80. The van der Waals surface area contributed by atoms with E-state index < -0.39 is 0 Å². The average Bonchev–Trinajstić information content (AvgIpc) is 2.82. The first-order valence-electron chi connectivity index (χ1n) is 7.31. The summed E-state index contributed by atoms with van der Waals surface area (Å²) in [4.78, 5) is 14.2. The van der Waals surface area contributed by atoms with Crippen LogP contribution in [-0.4, -0.2) is 23.2 Å². The van der Waals surface area contributed by atoms with Crippen molar-refractivity contribution in [1.82, 2.24) is 5.32 Å². The van der Waals surface area contributed by atoms with E-state index in [2.05, 4.69) is 5.32 Å². The van der Waals surface area contributed by atoms with Crippen LogP contribution < -0.4 is 15.0 Å². The summed E-state index contributed by atoms with van der Waals surface area (Å²) in [6.45, 7) is 1.93. The van der Waals surface area contributed by atoms with Gasteiger partial charge in [0.05, 0.1) is 12.8 Å². The number of anilines is 1. The fourth-order valence-electron chi connectivity index (χ4n) is 2.53. The molecule has 6 heteroatoms. The molecule has 2 N–H and O–H groups in total. The van der Waals surface area contributed by atoms with E-state index in [-0.39, 0.29) is 11.7 Å². The smallest absolute Gasteiger partial charge is 0.281 e.